The van der Waals surface area contributed by atoms with Crippen LogP contribution in [0.15, 0.2) is 29.3 Å². The topological polar surface area (TPSA) is 60.2 Å². The van der Waals surface area contributed by atoms with E-state index in [1.54, 1.807) is 0 Å². The van der Waals surface area contributed by atoms with E-state index in [2.05, 4.69) is 9.97 Å². The van der Waals surface area contributed by atoms with E-state index < -0.39 is 30.2 Å². The highest BCUT2D eigenvalue weighted by Gasteiger charge is 2.44. The van der Waals surface area contributed by atoms with Gasteiger partial charge in [-0.2, -0.15) is 13.2 Å². The van der Waals surface area contributed by atoms with E-state index in [0.29, 0.717) is 0 Å². The molecule has 0 aliphatic carbocycles. The highest BCUT2D eigenvalue weighted by molar-refractivity contribution is 5.60. The van der Waals surface area contributed by atoms with Crippen LogP contribution in [-0.4, -0.2) is 46.5 Å². The lowest BCUT2D eigenvalue weighted by atomic mass is 10.2. The minimum atomic E-state index is -4.52. The summed E-state index contributed by atoms with van der Waals surface area (Å²) in [5.74, 6) is -0.652. The van der Waals surface area contributed by atoms with Crippen molar-refractivity contribution in [3.05, 3.63) is 40.7 Å². The van der Waals surface area contributed by atoms with E-state index in [4.69, 9.17) is 4.74 Å². The molecule has 0 unspecified atom stereocenters. The van der Waals surface area contributed by atoms with Crippen molar-refractivity contribution in [1.82, 2.24) is 14.5 Å². The molecular weight excluding hydrogens is 344 g/mol. The van der Waals surface area contributed by atoms with Crippen molar-refractivity contribution in [3.63, 3.8) is 0 Å². The lowest BCUT2D eigenvalue weighted by molar-refractivity contribution is -0.221. The molecule has 1 fully saturated rings. The largest absolute Gasteiger partial charge is 0.416 e. The van der Waals surface area contributed by atoms with Crippen LogP contribution in [0.1, 0.15) is 0 Å². The third-order valence-corrected chi connectivity index (χ3v) is 3.87. The number of nitrogens with zero attached hydrogens (tertiary/aromatic N) is 4. The molecule has 0 amide bonds. The van der Waals surface area contributed by atoms with Gasteiger partial charge in [0.15, 0.2) is 11.9 Å². The molecule has 3 heterocycles. The Balaban J connectivity index is 2.02. The molecule has 0 aromatic carbocycles. The van der Waals surface area contributed by atoms with Crippen LogP contribution in [0.25, 0.3) is 11.3 Å². The van der Waals surface area contributed by atoms with Gasteiger partial charge >= 0.3 is 6.18 Å². The fourth-order valence-electron chi connectivity index (χ4n) is 2.56. The summed E-state index contributed by atoms with van der Waals surface area (Å²) in [6.45, 7) is -0.519. The second-order valence-corrected chi connectivity index (χ2v) is 5.54. The number of anilines is 1. The fourth-order valence-corrected chi connectivity index (χ4v) is 2.56. The fraction of sp³-hybridized carbons (Fsp3) is 0.400. The summed E-state index contributed by atoms with van der Waals surface area (Å²) < 4.78 is 58.5. The second-order valence-electron chi connectivity index (χ2n) is 5.54. The normalized spacial score (nSPS) is 18.4. The Morgan fingerprint density at radius 3 is 2.80 bits per heavy atom. The lowest BCUT2D eigenvalue weighted by Gasteiger charge is -2.35. The Bertz CT molecular complexity index is 837. The van der Waals surface area contributed by atoms with Crippen LogP contribution < -0.4 is 10.5 Å². The molecule has 134 valence electrons. The second kappa shape index (κ2) is 6.43. The van der Waals surface area contributed by atoms with E-state index in [9.17, 15) is 22.4 Å². The molecule has 1 atom stereocenters. The average Bonchev–Trinajstić information content (AvgIpc) is 2.57. The molecule has 0 saturated carbocycles. The summed E-state index contributed by atoms with van der Waals surface area (Å²) in [4.78, 5) is 21.3. The number of halogens is 4. The zero-order valence-electron chi connectivity index (χ0n) is 13.1. The first-order valence-electron chi connectivity index (χ1n) is 7.38. The summed E-state index contributed by atoms with van der Waals surface area (Å²) in [6, 6.07) is 2.47. The van der Waals surface area contributed by atoms with Crippen molar-refractivity contribution in [2.24, 2.45) is 7.05 Å². The maximum absolute atomic E-state index is 13.9. The maximum atomic E-state index is 13.9. The van der Waals surface area contributed by atoms with Gasteiger partial charge in [0.1, 0.15) is 0 Å². The summed E-state index contributed by atoms with van der Waals surface area (Å²) >= 11 is 0. The van der Waals surface area contributed by atoms with Crippen LogP contribution in [-0.2, 0) is 11.8 Å². The first kappa shape index (κ1) is 17.3. The van der Waals surface area contributed by atoms with Crippen LogP contribution >= 0.6 is 0 Å². The van der Waals surface area contributed by atoms with Crippen LogP contribution in [0.2, 0.25) is 0 Å². The SMILES string of the molecule is Cn1c(N2CCO[C@H](C(F)(F)F)C2)nc(-c2ccncc2F)cc1=O. The minimum absolute atomic E-state index is 0.0243. The monoisotopic (exact) mass is 358 g/mol. The molecule has 0 bridgehead atoms. The molecule has 1 aliphatic rings. The smallest absolute Gasteiger partial charge is 0.365 e. The number of aromatic nitrogens is 3. The Hall–Kier alpha value is -2.49. The van der Waals surface area contributed by atoms with Gasteiger partial charge in [-0.25, -0.2) is 9.37 Å². The van der Waals surface area contributed by atoms with Crippen LogP contribution in [0.3, 0.4) is 0 Å². The van der Waals surface area contributed by atoms with Gasteiger partial charge in [0.2, 0.25) is 5.95 Å². The van der Waals surface area contributed by atoms with Gasteiger partial charge in [-0.3, -0.25) is 14.3 Å². The Kier molecular flexibility index (Phi) is 4.46. The molecule has 2 aromatic rings. The molecule has 0 N–H and O–H groups in total. The molecule has 1 saturated heterocycles. The lowest BCUT2D eigenvalue weighted by Crippen LogP contribution is -2.50. The summed E-state index contributed by atoms with van der Waals surface area (Å²) in [7, 11) is 1.40. The van der Waals surface area contributed by atoms with Crippen LogP contribution in [0.4, 0.5) is 23.5 Å². The molecule has 0 spiro atoms. The van der Waals surface area contributed by atoms with Gasteiger partial charge in [0, 0.05) is 31.4 Å². The molecule has 25 heavy (non-hydrogen) atoms. The minimum Gasteiger partial charge on any atom is -0.365 e. The van der Waals surface area contributed by atoms with Gasteiger partial charge < -0.3 is 9.64 Å². The molecule has 3 rings (SSSR count). The number of ether oxygens (including phenoxy) is 1. The quantitative estimate of drug-likeness (QED) is 0.766. The zero-order chi connectivity index (χ0) is 18.2. The standard InChI is InChI=1S/C15H14F4N4O2/c1-22-13(24)6-11(9-2-3-20-7-10(9)16)21-14(22)23-4-5-25-12(8-23)15(17,18)19/h2-3,6-7,12H,4-5,8H2,1H3/t12-/m0/s1. The van der Waals surface area contributed by atoms with Crippen molar-refractivity contribution in [3.8, 4) is 11.3 Å². The number of morpholine rings is 1. The zero-order valence-corrected chi connectivity index (χ0v) is 13.1. The van der Waals surface area contributed by atoms with Crippen molar-refractivity contribution >= 4 is 5.95 Å². The molecule has 6 nitrogen and oxygen atoms in total. The Morgan fingerprint density at radius 1 is 1.36 bits per heavy atom. The van der Waals surface area contributed by atoms with Crippen molar-refractivity contribution in [2.45, 2.75) is 12.3 Å². The summed E-state index contributed by atoms with van der Waals surface area (Å²) in [6.07, 6.45) is -4.18. The predicted octanol–water partition coefficient (Wildman–Crippen LogP) is 1.75. The molecule has 10 heteroatoms. The first-order chi connectivity index (χ1) is 11.8. The van der Waals surface area contributed by atoms with Crippen molar-refractivity contribution in [1.29, 1.82) is 0 Å². The summed E-state index contributed by atoms with van der Waals surface area (Å²) in [5.41, 5.74) is -0.422. The Morgan fingerprint density at radius 2 is 2.12 bits per heavy atom. The summed E-state index contributed by atoms with van der Waals surface area (Å²) in [5, 5.41) is 0. The number of hydrogen-bond donors (Lipinski definition) is 0. The third-order valence-electron chi connectivity index (χ3n) is 3.87. The average molecular weight is 358 g/mol. The maximum Gasteiger partial charge on any atom is 0.416 e. The highest BCUT2D eigenvalue weighted by Crippen LogP contribution is 2.28. The molecule has 0 radical (unpaired) electrons. The van der Waals surface area contributed by atoms with E-state index in [1.807, 2.05) is 0 Å². The van der Waals surface area contributed by atoms with Crippen molar-refractivity contribution in [2.75, 3.05) is 24.6 Å². The van der Waals surface area contributed by atoms with E-state index in [1.165, 1.54) is 24.2 Å². The first-order valence-corrected chi connectivity index (χ1v) is 7.38. The van der Waals surface area contributed by atoms with Crippen molar-refractivity contribution < 1.29 is 22.3 Å². The van der Waals surface area contributed by atoms with E-state index in [0.717, 1.165) is 16.8 Å². The van der Waals surface area contributed by atoms with Gasteiger partial charge in [-0.1, -0.05) is 0 Å². The third kappa shape index (κ3) is 3.48. The number of hydrogen-bond acceptors (Lipinski definition) is 5. The van der Waals surface area contributed by atoms with Gasteiger partial charge in [-0.05, 0) is 6.07 Å². The predicted molar refractivity (Wildman–Crippen MR) is 80.7 cm³/mol. The van der Waals surface area contributed by atoms with E-state index >= 15 is 0 Å². The number of pyridine rings is 1. The van der Waals surface area contributed by atoms with Gasteiger partial charge in [0.25, 0.3) is 5.56 Å². The van der Waals surface area contributed by atoms with Gasteiger partial charge in [-0.15, -0.1) is 0 Å². The van der Waals surface area contributed by atoms with Gasteiger partial charge in [0.05, 0.1) is 25.0 Å². The van der Waals surface area contributed by atoms with Crippen LogP contribution in [0, 0.1) is 5.82 Å². The highest BCUT2D eigenvalue weighted by atomic mass is 19.4. The number of alkyl halides is 3. The molecular formula is C15H14F4N4O2. The Labute approximate surface area is 139 Å². The van der Waals surface area contributed by atoms with Crippen LogP contribution in [0.5, 0.6) is 0 Å². The van der Waals surface area contributed by atoms with E-state index in [-0.39, 0.29) is 30.4 Å². The number of rotatable bonds is 2. The molecule has 2 aromatic heterocycles. The molecule has 1 aliphatic heterocycles.